The number of nitrogens with zero attached hydrogens (tertiary/aromatic N) is 1. The summed E-state index contributed by atoms with van der Waals surface area (Å²) in [7, 11) is 0. The SMILES string of the molecule is CCc1ccccc1N(CC)C(=O)O. The molecule has 1 aromatic rings. The Morgan fingerprint density at radius 2 is 2.00 bits per heavy atom. The van der Waals surface area contributed by atoms with Crippen molar-refractivity contribution >= 4 is 11.8 Å². The Morgan fingerprint density at radius 3 is 2.50 bits per heavy atom. The van der Waals surface area contributed by atoms with Gasteiger partial charge in [-0.1, -0.05) is 25.1 Å². The summed E-state index contributed by atoms with van der Waals surface area (Å²) in [6.07, 6.45) is -0.0478. The Labute approximate surface area is 84.0 Å². The van der Waals surface area contributed by atoms with Crippen molar-refractivity contribution in [3.63, 3.8) is 0 Å². The van der Waals surface area contributed by atoms with E-state index in [1.807, 2.05) is 38.1 Å². The van der Waals surface area contributed by atoms with Crippen molar-refractivity contribution in [2.75, 3.05) is 11.4 Å². The Kier molecular flexibility index (Phi) is 3.51. The summed E-state index contributed by atoms with van der Waals surface area (Å²) in [6.45, 7) is 4.33. The largest absolute Gasteiger partial charge is 0.465 e. The molecule has 0 heterocycles. The standard InChI is InChI=1S/C11H15NO2/c1-3-9-7-5-6-8-10(9)12(4-2)11(13)14/h5-8H,3-4H2,1-2H3,(H,13,14). The van der Waals surface area contributed by atoms with Crippen LogP contribution in [-0.2, 0) is 6.42 Å². The van der Waals surface area contributed by atoms with Crippen molar-refractivity contribution in [1.29, 1.82) is 0 Å². The highest BCUT2D eigenvalue weighted by Gasteiger charge is 2.13. The van der Waals surface area contributed by atoms with E-state index in [1.165, 1.54) is 4.90 Å². The molecule has 1 rings (SSSR count). The predicted molar refractivity (Wildman–Crippen MR) is 56.9 cm³/mol. The fourth-order valence-electron chi connectivity index (χ4n) is 1.48. The lowest BCUT2D eigenvalue weighted by atomic mass is 10.1. The number of benzene rings is 1. The normalized spacial score (nSPS) is 9.86. The third-order valence-corrected chi connectivity index (χ3v) is 2.21. The molecule has 3 heteroatoms. The van der Waals surface area contributed by atoms with Gasteiger partial charge in [-0.15, -0.1) is 0 Å². The Morgan fingerprint density at radius 1 is 1.36 bits per heavy atom. The van der Waals surface area contributed by atoms with Crippen molar-refractivity contribution in [1.82, 2.24) is 0 Å². The van der Waals surface area contributed by atoms with Crippen LogP contribution in [0, 0.1) is 0 Å². The second kappa shape index (κ2) is 4.65. The Hall–Kier alpha value is -1.51. The number of hydrogen-bond donors (Lipinski definition) is 1. The molecule has 0 aliphatic heterocycles. The van der Waals surface area contributed by atoms with E-state index < -0.39 is 6.09 Å². The van der Waals surface area contributed by atoms with Gasteiger partial charge in [0.25, 0.3) is 0 Å². The number of rotatable bonds is 3. The van der Waals surface area contributed by atoms with Crippen molar-refractivity contribution in [3.8, 4) is 0 Å². The van der Waals surface area contributed by atoms with Crippen LogP contribution in [0.1, 0.15) is 19.4 Å². The molecule has 0 aliphatic carbocycles. The van der Waals surface area contributed by atoms with Crippen LogP contribution in [0.2, 0.25) is 0 Å². The van der Waals surface area contributed by atoms with Gasteiger partial charge in [-0.2, -0.15) is 0 Å². The molecule has 0 aromatic heterocycles. The van der Waals surface area contributed by atoms with E-state index in [0.29, 0.717) is 6.54 Å². The molecular formula is C11H15NO2. The molecule has 0 atom stereocenters. The van der Waals surface area contributed by atoms with Crippen LogP contribution in [0.25, 0.3) is 0 Å². The monoisotopic (exact) mass is 193 g/mol. The number of anilines is 1. The lowest BCUT2D eigenvalue weighted by Gasteiger charge is -2.19. The maximum absolute atomic E-state index is 10.9. The molecule has 1 amide bonds. The van der Waals surface area contributed by atoms with E-state index >= 15 is 0 Å². The molecule has 1 N–H and O–H groups in total. The second-order valence-electron chi connectivity index (χ2n) is 3.01. The van der Waals surface area contributed by atoms with E-state index in [2.05, 4.69) is 0 Å². The molecule has 76 valence electrons. The van der Waals surface area contributed by atoms with Crippen molar-refractivity contribution in [2.24, 2.45) is 0 Å². The number of amides is 1. The lowest BCUT2D eigenvalue weighted by Crippen LogP contribution is -2.29. The molecule has 3 nitrogen and oxygen atoms in total. The quantitative estimate of drug-likeness (QED) is 0.801. The highest BCUT2D eigenvalue weighted by Crippen LogP contribution is 2.20. The number of aryl methyl sites for hydroxylation is 1. The summed E-state index contributed by atoms with van der Waals surface area (Å²) in [5.74, 6) is 0. The van der Waals surface area contributed by atoms with Crippen LogP contribution in [-0.4, -0.2) is 17.7 Å². The molecule has 1 aromatic carbocycles. The molecule has 0 saturated carbocycles. The zero-order valence-electron chi connectivity index (χ0n) is 8.53. The Bertz CT molecular complexity index is 323. The Balaban J connectivity index is 3.08. The predicted octanol–water partition coefficient (Wildman–Crippen LogP) is 2.75. The minimum absolute atomic E-state index is 0.479. The van der Waals surface area contributed by atoms with E-state index in [9.17, 15) is 4.79 Å². The molecular weight excluding hydrogens is 178 g/mol. The fraction of sp³-hybridized carbons (Fsp3) is 0.364. The van der Waals surface area contributed by atoms with Gasteiger partial charge >= 0.3 is 6.09 Å². The van der Waals surface area contributed by atoms with E-state index in [-0.39, 0.29) is 0 Å². The molecule has 0 fully saturated rings. The zero-order chi connectivity index (χ0) is 10.6. The number of hydrogen-bond acceptors (Lipinski definition) is 1. The molecule has 0 spiro atoms. The first-order valence-corrected chi connectivity index (χ1v) is 4.79. The first-order valence-electron chi connectivity index (χ1n) is 4.79. The van der Waals surface area contributed by atoms with E-state index in [4.69, 9.17) is 5.11 Å². The fourth-order valence-corrected chi connectivity index (χ4v) is 1.48. The van der Waals surface area contributed by atoms with Gasteiger partial charge in [0, 0.05) is 6.54 Å². The summed E-state index contributed by atoms with van der Waals surface area (Å²) < 4.78 is 0. The van der Waals surface area contributed by atoms with E-state index in [0.717, 1.165) is 17.7 Å². The van der Waals surface area contributed by atoms with Crippen molar-refractivity contribution in [3.05, 3.63) is 29.8 Å². The maximum atomic E-state index is 10.9. The highest BCUT2D eigenvalue weighted by atomic mass is 16.4. The second-order valence-corrected chi connectivity index (χ2v) is 3.01. The molecule has 0 aliphatic rings. The maximum Gasteiger partial charge on any atom is 0.411 e. The minimum atomic E-state index is -0.895. The highest BCUT2D eigenvalue weighted by molar-refractivity contribution is 5.87. The molecule has 0 radical (unpaired) electrons. The summed E-state index contributed by atoms with van der Waals surface area (Å²) in [5, 5.41) is 8.97. The van der Waals surface area contributed by atoms with Crippen LogP contribution >= 0.6 is 0 Å². The summed E-state index contributed by atoms with van der Waals surface area (Å²) in [5.41, 5.74) is 1.86. The van der Waals surface area contributed by atoms with Crippen LogP contribution < -0.4 is 4.90 Å². The average molecular weight is 193 g/mol. The molecule has 0 saturated heterocycles. The lowest BCUT2D eigenvalue weighted by molar-refractivity contribution is 0.202. The van der Waals surface area contributed by atoms with E-state index in [1.54, 1.807) is 0 Å². The van der Waals surface area contributed by atoms with Crippen LogP contribution in [0.4, 0.5) is 10.5 Å². The number of para-hydroxylation sites is 1. The average Bonchev–Trinajstić information content (AvgIpc) is 2.19. The van der Waals surface area contributed by atoms with Crippen molar-refractivity contribution in [2.45, 2.75) is 20.3 Å². The van der Waals surface area contributed by atoms with Gasteiger partial charge < -0.3 is 5.11 Å². The first kappa shape index (κ1) is 10.6. The van der Waals surface area contributed by atoms with Gasteiger partial charge in [-0.25, -0.2) is 4.79 Å². The molecule has 0 bridgehead atoms. The van der Waals surface area contributed by atoms with Crippen LogP contribution in [0.5, 0.6) is 0 Å². The van der Waals surface area contributed by atoms with Gasteiger partial charge in [-0.3, -0.25) is 4.90 Å². The topological polar surface area (TPSA) is 40.5 Å². The third kappa shape index (κ3) is 2.05. The van der Waals surface area contributed by atoms with Gasteiger partial charge in [-0.05, 0) is 25.0 Å². The van der Waals surface area contributed by atoms with Gasteiger partial charge in [0.1, 0.15) is 0 Å². The zero-order valence-corrected chi connectivity index (χ0v) is 8.53. The van der Waals surface area contributed by atoms with Gasteiger partial charge in [0.05, 0.1) is 5.69 Å². The molecule has 0 unspecified atom stereocenters. The third-order valence-electron chi connectivity index (χ3n) is 2.21. The van der Waals surface area contributed by atoms with Crippen LogP contribution in [0.3, 0.4) is 0 Å². The number of carbonyl (C=O) groups is 1. The van der Waals surface area contributed by atoms with Crippen LogP contribution in [0.15, 0.2) is 24.3 Å². The van der Waals surface area contributed by atoms with Gasteiger partial charge in [0.15, 0.2) is 0 Å². The summed E-state index contributed by atoms with van der Waals surface area (Å²) in [6, 6.07) is 7.59. The summed E-state index contributed by atoms with van der Waals surface area (Å²) in [4.78, 5) is 12.3. The van der Waals surface area contributed by atoms with Gasteiger partial charge in [0.2, 0.25) is 0 Å². The minimum Gasteiger partial charge on any atom is -0.465 e. The smallest absolute Gasteiger partial charge is 0.411 e. The first-order chi connectivity index (χ1) is 6.70. The molecule has 14 heavy (non-hydrogen) atoms. The number of carboxylic acid groups (broad SMARTS) is 1. The van der Waals surface area contributed by atoms with Crippen molar-refractivity contribution < 1.29 is 9.90 Å². The summed E-state index contributed by atoms with van der Waals surface area (Å²) >= 11 is 0.